The normalized spacial score (nSPS) is 11.2. The molecule has 0 spiro atoms. The van der Waals surface area contributed by atoms with Crippen LogP contribution in [0.3, 0.4) is 0 Å². The molecule has 1 amide bonds. The predicted molar refractivity (Wildman–Crippen MR) is 131 cm³/mol. The van der Waals surface area contributed by atoms with Crippen LogP contribution in [-0.4, -0.2) is 31.1 Å². The minimum Gasteiger partial charge on any atom is -0.299 e. The standard InChI is InChI=1S/C24H22N4O3S2/c1-17-10-9-15-21(18(17)2)28(33(30,31)20-13-7-4-8-14-20)16-22(29)25-24-27-26-23(32-24)19-11-5-3-6-12-19/h3-15H,16H2,1-2H3,(H,25,27,29). The highest BCUT2D eigenvalue weighted by Crippen LogP contribution is 2.29. The number of hydrogen-bond donors (Lipinski definition) is 1. The lowest BCUT2D eigenvalue weighted by atomic mass is 10.1. The van der Waals surface area contributed by atoms with Gasteiger partial charge in [-0.25, -0.2) is 8.42 Å². The Morgan fingerprint density at radius 3 is 2.27 bits per heavy atom. The quantitative estimate of drug-likeness (QED) is 0.417. The van der Waals surface area contributed by atoms with Crippen LogP contribution in [0, 0.1) is 13.8 Å². The van der Waals surface area contributed by atoms with Gasteiger partial charge < -0.3 is 0 Å². The molecule has 4 aromatic rings. The van der Waals surface area contributed by atoms with Crippen LogP contribution in [0.5, 0.6) is 0 Å². The first kappa shape index (κ1) is 22.6. The van der Waals surface area contributed by atoms with Gasteiger partial charge in [0.2, 0.25) is 11.0 Å². The van der Waals surface area contributed by atoms with E-state index in [1.54, 1.807) is 30.3 Å². The van der Waals surface area contributed by atoms with E-state index in [-0.39, 0.29) is 4.90 Å². The maximum absolute atomic E-state index is 13.5. The van der Waals surface area contributed by atoms with Crippen molar-refractivity contribution in [3.63, 3.8) is 0 Å². The fourth-order valence-electron chi connectivity index (χ4n) is 3.29. The van der Waals surface area contributed by atoms with E-state index in [9.17, 15) is 13.2 Å². The number of anilines is 2. The molecule has 1 aromatic heterocycles. The summed E-state index contributed by atoms with van der Waals surface area (Å²) in [5.74, 6) is -0.508. The molecule has 33 heavy (non-hydrogen) atoms. The van der Waals surface area contributed by atoms with E-state index < -0.39 is 22.5 Å². The van der Waals surface area contributed by atoms with Gasteiger partial charge in [0.15, 0.2) is 0 Å². The Morgan fingerprint density at radius 1 is 0.909 bits per heavy atom. The van der Waals surface area contributed by atoms with Gasteiger partial charge in [0, 0.05) is 5.56 Å². The number of sulfonamides is 1. The van der Waals surface area contributed by atoms with Crippen molar-refractivity contribution in [3.05, 3.63) is 90.0 Å². The summed E-state index contributed by atoms with van der Waals surface area (Å²) in [6.45, 7) is 3.34. The summed E-state index contributed by atoms with van der Waals surface area (Å²) in [4.78, 5) is 13.0. The Bertz CT molecular complexity index is 1370. The molecule has 0 bridgehead atoms. The van der Waals surface area contributed by atoms with E-state index in [1.807, 2.05) is 50.2 Å². The topological polar surface area (TPSA) is 92.3 Å². The minimum absolute atomic E-state index is 0.112. The molecule has 0 aliphatic heterocycles. The second-order valence-electron chi connectivity index (χ2n) is 7.37. The van der Waals surface area contributed by atoms with Crippen LogP contribution < -0.4 is 9.62 Å². The molecule has 0 fully saturated rings. The highest BCUT2D eigenvalue weighted by atomic mass is 32.2. The predicted octanol–water partition coefficient (Wildman–Crippen LogP) is 4.66. The molecule has 1 heterocycles. The summed E-state index contributed by atoms with van der Waals surface area (Å²) >= 11 is 1.22. The largest absolute Gasteiger partial charge is 0.299 e. The Labute approximate surface area is 196 Å². The summed E-state index contributed by atoms with van der Waals surface area (Å²) in [5, 5.41) is 11.8. The van der Waals surface area contributed by atoms with Gasteiger partial charge in [0.05, 0.1) is 10.6 Å². The number of nitrogens with zero attached hydrogens (tertiary/aromatic N) is 3. The van der Waals surface area contributed by atoms with Crippen molar-refractivity contribution in [2.75, 3.05) is 16.2 Å². The lowest BCUT2D eigenvalue weighted by molar-refractivity contribution is -0.114. The van der Waals surface area contributed by atoms with Gasteiger partial charge in [-0.15, -0.1) is 10.2 Å². The number of amides is 1. The van der Waals surface area contributed by atoms with Crippen molar-refractivity contribution in [2.24, 2.45) is 0 Å². The molecule has 0 unspecified atom stereocenters. The van der Waals surface area contributed by atoms with Gasteiger partial charge in [0.1, 0.15) is 11.6 Å². The molecule has 4 rings (SSSR count). The monoisotopic (exact) mass is 478 g/mol. The molecule has 0 aliphatic carbocycles. The Kier molecular flexibility index (Phi) is 6.52. The fraction of sp³-hybridized carbons (Fsp3) is 0.125. The number of rotatable bonds is 7. The second-order valence-corrected chi connectivity index (χ2v) is 10.2. The van der Waals surface area contributed by atoms with Crippen molar-refractivity contribution >= 4 is 38.1 Å². The first-order valence-corrected chi connectivity index (χ1v) is 12.4. The molecule has 0 aliphatic rings. The molecular formula is C24H22N4O3S2. The van der Waals surface area contributed by atoms with Crippen LogP contribution in [0.4, 0.5) is 10.8 Å². The van der Waals surface area contributed by atoms with E-state index in [4.69, 9.17) is 0 Å². The Hall–Kier alpha value is -3.56. The molecule has 7 nitrogen and oxygen atoms in total. The van der Waals surface area contributed by atoms with Crippen LogP contribution in [0.1, 0.15) is 11.1 Å². The van der Waals surface area contributed by atoms with Gasteiger partial charge in [-0.1, -0.05) is 72.0 Å². The highest BCUT2D eigenvalue weighted by molar-refractivity contribution is 7.92. The van der Waals surface area contributed by atoms with E-state index in [0.717, 1.165) is 21.0 Å². The molecular weight excluding hydrogens is 456 g/mol. The van der Waals surface area contributed by atoms with Gasteiger partial charge in [-0.2, -0.15) is 0 Å². The second kappa shape index (κ2) is 9.51. The number of aryl methyl sites for hydroxylation is 1. The maximum atomic E-state index is 13.5. The first-order chi connectivity index (χ1) is 15.9. The summed E-state index contributed by atoms with van der Waals surface area (Å²) in [6.07, 6.45) is 0. The SMILES string of the molecule is Cc1cccc(N(CC(=O)Nc2nnc(-c3ccccc3)s2)S(=O)(=O)c2ccccc2)c1C. The number of aromatic nitrogens is 2. The number of carbonyl (C=O) groups is 1. The van der Waals surface area contributed by atoms with Crippen LogP contribution in [0.15, 0.2) is 83.8 Å². The number of benzene rings is 3. The molecule has 1 N–H and O–H groups in total. The molecule has 9 heteroatoms. The van der Waals surface area contributed by atoms with E-state index in [0.29, 0.717) is 15.8 Å². The molecule has 0 radical (unpaired) electrons. The summed E-state index contributed by atoms with van der Waals surface area (Å²) < 4.78 is 28.1. The third kappa shape index (κ3) is 4.94. The smallest absolute Gasteiger partial charge is 0.264 e. The molecule has 0 saturated heterocycles. The van der Waals surface area contributed by atoms with Crippen molar-refractivity contribution in [2.45, 2.75) is 18.7 Å². The summed E-state index contributed by atoms with van der Waals surface area (Å²) in [6, 6.07) is 23.0. The average molecular weight is 479 g/mol. The van der Waals surface area contributed by atoms with Crippen LogP contribution in [-0.2, 0) is 14.8 Å². The van der Waals surface area contributed by atoms with Crippen molar-refractivity contribution in [1.29, 1.82) is 0 Å². The van der Waals surface area contributed by atoms with Gasteiger partial charge >= 0.3 is 0 Å². The van der Waals surface area contributed by atoms with Crippen molar-refractivity contribution in [3.8, 4) is 10.6 Å². The van der Waals surface area contributed by atoms with Crippen molar-refractivity contribution in [1.82, 2.24) is 10.2 Å². The van der Waals surface area contributed by atoms with Crippen LogP contribution in [0.2, 0.25) is 0 Å². The first-order valence-electron chi connectivity index (χ1n) is 10.2. The summed E-state index contributed by atoms with van der Waals surface area (Å²) in [7, 11) is -3.98. The zero-order valence-corrected chi connectivity index (χ0v) is 19.7. The molecule has 0 atom stereocenters. The minimum atomic E-state index is -3.98. The van der Waals surface area contributed by atoms with Crippen LogP contribution >= 0.6 is 11.3 Å². The van der Waals surface area contributed by atoms with E-state index >= 15 is 0 Å². The maximum Gasteiger partial charge on any atom is 0.264 e. The van der Waals surface area contributed by atoms with E-state index in [2.05, 4.69) is 15.5 Å². The number of nitrogens with one attached hydrogen (secondary N) is 1. The number of hydrogen-bond acceptors (Lipinski definition) is 6. The molecule has 0 saturated carbocycles. The molecule has 168 valence electrons. The van der Waals surface area contributed by atoms with Gasteiger partial charge in [0.25, 0.3) is 10.0 Å². The average Bonchev–Trinajstić information content (AvgIpc) is 3.29. The fourth-order valence-corrected chi connectivity index (χ4v) is 5.55. The Balaban J connectivity index is 1.63. The lowest BCUT2D eigenvalue weighted by Crippen LogP contribution is -2.38. The lowest BCUT2D eigenvalue weighted by Gasteiger charge is -2.26. The Morgan fingerprint density at radius 2 is 1.58 bits per heavy atom. The van der Waals surface area contributed by atoms with Gasteiger partial charge in [-0.3, -0.25) is 14.4 Å². The van der Waals surface area contributed by atoms with Crippen molar-refractivity contribution < 1.29 is 13.2 Å². The zero-order chi connectivity index (χ0) is 23.4. The van der Waals surface area contributed by atoms with Crippen LogP contribution in [0.25, 0.3) is 10.6 Å². The van der Waals surface area contributed by atoms with Gasteiger partial charge in [-0.05, 0) is 43.2 Å². The molecule has 3 aromatic carbocycles. The highest BCUT2D eigenvalue weighted by Gasteiger charge is 2.28. The van der Waals surface area contributed by atoms with E-state index in [1.165, 1.54) is 23.5 Å². The number of carbonyl (C=O) groups excluding carboxylic acids is 1. The third-order valence-electron chi connectivity index (χ3n) is 5.16. The third-order valence-corrected chi connectivity index (χ3v) is 7.82. The summed E-state index contributed by atoms with van der Waals surface area (Å²) in [5.41, 5.74) is 3.06. The zero-order valence-electron chi connectivity index (χ0n) is 18.1.